The molecule has 1 atom stereocenters. The van der Waals surface area contributed by atoms with E-state index < -0.39 is 0 Å². The van der Waals surface area contributed by atoms with Crippen LogP contribution >= 0.6 is 0 Å². The van der Waals surface area contributed by atoms with Gasteiger partial charge in [-0.2, -0.15) is 0 Å². The largest absolute Gasteiger partial charge is 0.468 e. The van der Waals surface area contributed by atoms with Crippen LogP contribution in [0.15, 0.2) is 38.4 Å². The molecule has 0 fully saturated rings. The van der Waals surface area contributed by atoms with Crippen LogP contribution in [0.1, 0.15) is 48.6 Å². The average Bonchev–Trinajstić information content (AvgIpc) is 3.33. The number of rotatable bonds is 9. The Morgan fingerprint density at radius 2 is 2.21 bits per heavy atom. The highest BCUT2D eigenvalue weighted by Gasteiger charge is 2.22. The molecule has 0 radical (unpaired) electrons. The molecular formula is C21H28N4O4. The Morgan fingerprint density at radius 3 is 2.90 bits per heavy atom. The zero-order valence-electron chi connectivity index (χ0n) is 17.4. The van der Waals surface area contributed by atoms with E-state index in [1.807, 2.05) is 12.1 Å². The molecule has 0 aromatic carbocycles. The minimum absolute atomic E-state index is 0.192. The number of amides is 1. The van der Waals surface area contributed by atoms with Gasteiger partial charge >= 0.3 is 0 Å². The van der Waals surface area contributed by atoms with Gasteiger partial charge in [0.2, 0.25) is 5.71 Å². The van der Waals surface area contributed by atoms with Gasteiger partial charge in [0.15, 0.2) is 0 Å². The maximum atomic E-state index is 12.7. The Hall–Kier alpha value is -2.87. The molecule has 0 aliphatic carbocycles. The number of nitrogens with one attached hydrogen (secondary N) is 1. The molecule has 8 nitrogen and oxygen atoms in total. The molecule has 1 unspecified atom stereocenters. The van der Waals surface area contributed by atoms with Gasteiger partial charge in [-0.3, -0.25) is 14.5 Å². The lowest BCUT2D eigenvalue weighted by atomic mass is 10.1. The highest BCUT2D eigenvalue weighted by Crippen LogP contribution is 2.20. The third-order valence-corrected chi connectivity index (χ3v) is 5.24. The molecule has 0 spiro atoms. The van der Waals surface area contributed by atoms with E-state index in [0.717, 1.165) is 31.7 Å². The monoisotopic (exact) mass is 400 g/mol. The maximum Gasteiger partial charge on any atom is 0.265 e. The molecule has 0 saturated heterocycles. The first-order valence-electron chi connectivity index (χ1n) is 9.91. The van der Waals surface area contributed by atoms with Crippen molar-refractivity contribution >= 4 is 17.0 Å². The molecule has 0 aliphatic rings. The molecule has 3 aromatic rings. The van der Waals surface area contributed by atoms with Crippen molar-refractivity contribution < 1.29 is 13.6 Å². The summed E-state index contributed by atoms with van der Waals surface area (Å²) in [7, 11) is 1.60. The third kappa shape index (κ3) is 4.59. The van der Waals surface area contributed by atoms with Crippen LogP contribution < -0.4 is 10.9 Å². The molecule has 0 saturated carbocycles. The van der Waals surface area contributed by atoms with E-state index in [2.05, 4.69) is 29.0 Å². The van der Waals surface area contributed by atoms with Crippen LogP contribution in [0.25, 0.3) is 11.1 Å². The van der Waals surface area contributed by atoms with Gasteiger partial charge < -0.3 is 18.7 Å². The smallest absolute Gasteiger partial charge is 0.265 e. The molecule has 29 heavy (non-hydrogen) atoms. The number of carbonyl (C=O) groups is 1. The van der Waals surface area contributed by atoms with Crippen molar-refractivity contribution in [1.29, 1.82) is 0 Å². The number of fused-ring (bicyclic) bond motifs is 1. The van der Waals surface area contributed by atoms with Crippen LogP contribution in [0, 0.1) is 6.92 Å². The number of aryl methyl sites for hydroxylation is 2. The van der Waals surface area contributed by atoms with Gasteiger partial charge in [0.25, 0.3) is 11.5 Å². The van der Waals surface area contributed by atoms with Crippen LogP contribution in [0.5, 0.6) is 0 Å². The van der Waals surface area contributed by atoms with Crippen LogP contribution in [0.3, 0.4) is 0 Å². The van der Waals surface area contributed by atoms with E-state index in [9.17, 15) is 9.59 Å². The quantitative estimate of drug-likeness (QED) is 0.555. The second-order valence-corrected chi connectivity index (χ2v) is 7.29. The van der Waals surface area contributed by atoms with Gasteiger partial charge in [0.05, 0.1) is 18.4 Å². The van der Waals surface area contributed by atoms with Crippen molar-refractivity contribution in [3.63, 3.8) is 0 Å². The summed E-state index contributed by atoms with van der Waals surface area (Å²) in [5.41, 5.74) is 0.165. The standard InChI is InChI=1S/C21H28N4O4/c1-5-14(2)25(12-16-8-6-11-28-16)10-7-9-22-19(26)17-15(3)29-20-18(17)21(27)24(4)13-23-20/h6,8,11,13-14H,5,7,9-10,12H2,1-4H3,(H,22,26). The van der Waals surface area contributed by atoms with Crippen LogP contribution in [0.4, 0.5) is 0 Å². The molecule has 3 rings (SSSR count). The van der Waals surface area contributed by atoms with Crippen molar-refractivity contribution in [2.24, 2.45) is 7.05 Å². The van der Waals surface area contributed by atoms with E-state index >= 15 is 0 Å². The van der Waals surface area contributed by atoms with Crippen molar-refractivity contribution in [3.05, 3.63) is 52.2 Å². The molecule has 156 valence electrons. The predicted octanol–water partition coefficient (Wildman–Crippen LogP) is 2.85. The lowest BCUT2D eigenvalue weighted by molar-refractivity contribution is 0.0949. The van der Waals surface area contributed by atoms with Gasteiger partial charge in [-0.25, -0.2) is 4.98 Å². The molecular weight excluding hydrogens is 372 g/mol. The normalized spacial score (nSPS) is 12.6. The molecule has 8 heteroatoms. The number of furan rings is 2. The summed E-state index contributed by atoms with van der Waals surface area (Å²) < 4.78 is 12.3. The maximum absolute atomic E-state index is 12.7. The van der Waals surface area contributed by atoms with Gasteiger partial charge in [0, 0.05) is 26.2 Å². The summed E-state index contributed by atoms with van der Waals surface area (Å²) in [5.74, 6) is 1.01. The van der Waals surface area contributed by atoms with Gasteiger partial charge in [-0.05, 0) is 38.8 Å². The Kier molecular flexibility index (Phi) is 6.53. The van der Waals surface area contributed by atoms with Crippen molar-refractivity contribution in [3.8, 4) is 0 Å². The fourth-order valence-electron chi connectivity index (χ4n) is 3.35. The first-order valence-corrected chi connectivity index (χ1v) is 9.91. The molecule has 3 heterocycles. The summed E-state index contributed by atoms with van der Waals surface area (Å²) in [6.07, 6.45) is 4.88. The highest BCUT2D eigenvalue weighted by molar-refractivity contribution is 6.06. The summed E-state index contributed by atoms with van der Waals surface area (Å²) in [5, 5.41) is 3.14. The van der Waals surface area contributed by atoms with Crippen LogP contribution in [0.2, 0.25) is 0 Å². The van der Waals surface area contributed by atoms with Crippen molar-refractivity contribution in [2.45, 2.75) is 46.2 Å². The first-order chi connectivity index (χ1) is 13.9. The second-order valence-electron chi connectivity index (χ2n) is 7.29. The number of nitrogens with zero attached hydrogens (tertiary/aromatic N) is 3. The lowest BCUT2D eigenvalue weighted by Gasteiger charge is -2.27. The summed E-state index contributed by atoms with van der Waals surface area (Å²) in [6.45, 7) is 8.07. The van der Waals surface area contributed by atoms with E-state index in [1.165, 1.54) is 10.9 Å². The minimum Gasteiger partial charge on any atom is -0.468 e. The number of carbonyl (C=O) groups excluding carboxylic acids is 1. The Balaban J connectivity index is 1.62. The van der Waals surface area contributed by atoms with E-state index in [4.69, 9.17) is 8.83 Å². The zero-order chi connectivity index (χ0) is 21.0. The summed E-state index contributed by atoms with van der Waals surface area (Å²) in [4.78, 5) is 31.6. The fraction of sp³-hybridized carbons (Fsp3) is 0.476. The van der Waals surface area contributed by atoms with Crippen molar-refractivity contribution in [2.75, 3.05) is 13.1 Å². The minimum atomic E-state index is -0.313. The summed E-state index contributed by atoms with van der Waals surface area (Å²) >= 11 is 0. The van der Waals surface area contributed by atoms with Crippen molar-refractivity contribution in [1.82, 2.24) is 19.8 Å². The summed E-state index contributed by atoms with van der Waals surface area (Å²) in [6, 6.07) is 4.27. The molecule has 0 aliphatic heterocycles. The van der Waals surface area contributed by atoms with E-state index in [1.54, 1.807) is 20.2 Å². The van der Waals surface area contributed by atoms with E-state index in [0.29, 0.717) is 18.3 Å². The highest BCUT2D eigenvalue weighted by atomic mass is 16.3. The number of hydrogen-bond acceptors (Lipinski definition) is 6. The van der Waals surface area contributed by atoms with Crippen LogP contribution in [-0.2, 0) is 13.6 Å². The van der Waals surface area contributed by atoms with Crippen LogP contribution in [-0.4, -0.2) is 39.5 Å². The second kappa shape index (κ2) is 9.09. The number of hydrogen-bond donors (Lipinski definition) is 1. The van der Waals surface area contributed by atoms with Gasteiger partial charge in [0.1, 0.15) is 23.2 Å². The Morgan fingerprint density at radius 1 is 1.41 bits per heavy atom. The average molecular weight is 400 g/mol. The SMILES string of the molecule is CCC(C)N(CCCNC(=O)c1c(C)oc2ncn(C)c(=O)c12)Cc1ccco1. The number of aromatic nitrogens is 2. The lowest BCUT2D eigenvalue weighted by Crippen LogP contribution is -2.35. The Labute approximate surface area is 169 Å². The fourth-order valence-corrected chi connectivity index (χ4v) is 3.35. The third-order valence-electron chi connectivity index (χ3n) is 5.24. The van der Waals surface area contributed by atoms with E-state index in [-0.39, 0.29) is 28.1 Å². The first kappa shape index (κ1) is 20.9. The Bertz CT molecular complexity index is 1020. The van der Waals surface area contributed by atoms with Gasteiger partial charge in [-0.1, -0.05) is 6.92 Å². The molecule has 1 N–H and O–H groups in total. The molecule has 3 aromatic heterocycles. The predicted molar refractivity (Wildman–Crippen MR) is 110 cm³/mol. The van der Waals surface area contributed by atoms with Gasteiger partial charge in [-0.15, -0.1) is 0 Å². The molecule has 0 bridgehead atoms. The zero-order valence-corrected chi connectivity index (χ0v) is 17.4. The molecule has 1 amide bonds. The topological polar surface area (TPSA) is 93.5 Å².